The molecule has 0 aliphatic rings. The molecule has 1 heterocycles. The molecule has 0 N–H and O–H groups in total. The van der Waals surface area contributed by atoms with Crippen LogP contribution in [0.2, 0.25) is 0 Å². The van der Waals surface area contributed by atoms with E-state index in [9.17, 15) is 13.2 Å². The Morgan fingerprint density at radius 2 is 2.06 bits per heavy atom. The molecule has 2 nitrogen and oxygen atoms in total. The fourth-order valence-electron chi connectivity index (χ4n) is 1.54. The lowest BCUT2D eigenvalue weighted by Gasteiger charge is -2.16. The van der Waals surface area contributed by atoms with E-state index < -0.39 is 12.8 Å². The van der Waals surface area contributed by atoms with Crippen molar-refractivity contribution in [2.24, 2.45) is 0 Å². The molecular formula is C12H16F3NO. The fraction of sp³-hybridized carbons (Fsp3) is 0.583. The first kappa shape index (κ1) is 13.8. The van der Waals surface area contributed by atoms with Crippen LogP contribution in [0.25, 0.3) is 0 Å². The minimum atomic E-state index is -4.31. The number of hydrogen-bond acceptors (Lipinski definition) is 2. The van der Waals surface area contributed by atoms with Crippen LogP contribution in [0, 0.1) is 6.92 Å². The zero-order chi connectivity index (χ0) is 13.1. The van der Waals surface area contributed by atoms with Crippen LogP contribution < -0.4 is 4.74 Å². The minimum absolute atomic E-state index is 0.212. The van der Waals surface area contributed by atoms with E-state index in [-0.39, 0.29) is 11.7 Å². The van der Waals surface area contributed by atoms with Crippen LogP contribution in [0.5, 0.6) is 5.75 Å². The van der Waals surface area contributed by atoms with Crippen molar-refractivity contribution in [2.45, 2.75) is 39.3 Å². The van der Waals surface area contributed by atoms with Crippen molar-refractivity contribution in [3.63, 3.8) is 0 Å². The number of halogens is 3. The SMILES string of the molecule is CCC(C)c1nccc(OCC(F)(F)F)c1C. The van der Waals surface area contributed by atoms with Crippen LogP contribution in [-0.4, -0.2) is 17.8 Å². The van der Waals surface area contributed by atoms with Crippen LogP contribution in [0.1, 0.15) is 37.4 Å². The van der Waals surface area contributed by atoms with E-state index in [4.69, 9.17) is 4.74 Å². The van der Waals surface area contributed by atoms with Crippen LogP contribution in [0.15, 0.2) is 12.3 Å². The highest BCUT2D eigenvalue weighted by Crippen LogP contribution is 2.28. The van der Waals surface area contributed by atoms with Crippen molar-refractivity contribution < 1.29 is 17.9 Å². The van der Waals surface area contributed by atoms with Crippen molar-refractivity contribution in [3.8, 4) is 5.75 Å². The van der Waals surface area contributed by atoms with Crippen LogP contribution in [-0.2, 0) is 0 Å². The first-order valence-electron chi connectivity index (χ1n) is 5.50. The molecule has 5 heteroatoms. The molecule has 1 rings (SSSR count). The molecule has 0 saturated heterocycles. The summed E-state index contributed by atoms with van der Waals surface area (Å²) in [6.45, 7) is 4.47. The van der Waals surface area contributed by atoms with Gasteiger partial charge in [0.1, 0.15) is 5.75 Å². The van der Waals surface area contributed by atoms with E-state index >= 15 is 0 Å². The number of alkyl halides is 3. The van der Waals surface area contributed by atoms with Crippen molar-refractivity contribution >= 4 is 0 Å². The summed E-state index contributed by atoms with van der Waals surface area (Å²) < 4.78 is 40.9. The Morgan fingerprint density at radius 3 is 2.59 bits per heavy atom. The molecule has 0 bridgehead atoms. The molecule has 96 valence electrons. The maximum absolute atomic E-state index is 12.1. The van der Waals surface area contributed by atoms with Gasteiger partial charge in [0.25, 0.3) is 0 Å². The van der Waals surface area contributed by atoms with Gasteiger partial charge in [-0.2, -0.15) is 13.2 Å². The summed E-state index contributed by atoms with van der Waals surface area (Å²) in [6.07, 6.45) is -1.94. The second-order valence-corrected chi connectivity index (χ2v) is 4.03. The normalized spacial score (nSPS) is 13.5. The topological polar surface area (TPSA) is 22.1 Å². The molecule has 1 atom stereocenters. The zero-order valence-electron chi connectivity index (χ0n) is 10.1. The molecule has 0 aliphatic heterocycles. The van der Waals surface area contributed by atoms with Crippen LogP contribution in [0.3, 0.4) is 0 Å². The molecule has 1 aromatic rings. The second-order valence-electron chi connectivity index (χ2n) is 4.03. The Labute approximate surface area is 98.8 Å². The number of hydrogen-bond donors (Lipinski definition) is 0. The monoisotopic (exact) mass is 247 g/mol. The first-order valence-corrected chi connectivity index (χ1v) is 5.50. The number of pyridine rings is 1. The van der Waals surface area contributed by atoms with Gasteiger partial charge in [-0.15, -0.1) is 0 Å². The largest absolute Gasteiger partial charge is 0.484 e. The Kier molecular flexibility index (Phi) is 4.37. The smallest absolute Gasteiger partial charge is 0.422 e. The van der Waals surface area contributed by atoms with E-state index in [1.165, 1.54) is 12.3 Å². The Balaban J connectivity index is 2.87. The van der Waals surface area contributed by atoms with Crippen LogP contribution >= 0.6 is 0 Å². The Bertz CT molecular complexity index is 377. The number of aromatic nitrogens is 1. The van der Waals surface area contributed by atoms with Crippen molar-refractivity contribution in [1.29, 1.82) is 0 Å². The van der Waals surface area contributed by atoms with Gasteiger partial charge >= 0.3 is 6.18 Å². The van der Waals surface area contributed by atoms with Crippen molar-refractivity contribution in [2.75, 3.05) is 6.61 Å². The predicted octanol–water partition coefficient (Wildman–Crippen LogP) is 3.84. The summed E-state index contributed by atoms with van der Waals surface area (Å²) in [4.78, 5) is 4.19. The molecule has 0 radical (unpaired) electrons. The molecule has 0 aromatic carbocycles. The average Bonchev–Trinajstić information content (AvgIpc) is 2.25. The van der Waals surface area contributed by atoms with Gasteiger partial charge in [0, 0.05) is 17.5 Å². The maximum Gasteiger partial charge on any atom is 0.422 e. The van der Waals surface area contributed by atoms with Gasteiger partial charge in [0.05, 0.1) is 0 Å². The summed E-state index contributed by atoms with van der Waals surface area (Å²) in [7, 11) is 0. The van der Waals surface area contributed by atoms with Crippen molar-refractivity contribution in [3.05, 3.63) is 23.5 Å². The van der Waals surface area contributed by atoms with Crippen molar-refractivity contribution in [1.82, 2.24) is 4.98 Å². The average molecular weight is 247 g/mol. The van der Waals surface area contributed by atoms with Gasteiger partial charge in [-0.25, -0.2) is 0 Å². The first-order chi connectivity index (χ1) is 7.85. The van der Waals surface area contributed by atoms with Gasteiger partial charge in [0.2, 0.25) is 0 Å². The predicted molar refractivity (Wildman–Crippen MR) is 59.2 cm³/mol. The highest BCUT2D eigenvalue weighted by Gasteiger charge is 2.28. The van der Waals surface area contributed by atoms with E-state index in [1.54, 1.807) is 6.92 Å². The lowest BCUT2D eigenvalue weighted by molar-refractivity contribution is -0.153. The molecule has 1 unspecified atom stereocenters. The quantitative estimate of drug-likeness (QED) is 0.806. The molecule has 0 aliphatic carbocycles. The van der Waals surface area contributed by atoms with Gasteiger partial charge in [-0.05, 0) is 25.3 Å². The summed E-state index contributed by atoms with van der Waals surface area (Å²) >= 11 is 0. The standard InChI is InChI=1S/C12H16F3NO/c1-4-8(2)11-9(3)10(5-6-16-11)17-7-12(13,14)15/h5-6,8H,4,7H2,1-3H3. The Morgan fingerprint density at radius 1 is 1.41 bits per heavy atom. The van der Waals surface area contributed by atoms with E-state index in [2.05, 4.69) is 4.98 Å². The third kappa shape index (κ3) is 3.91. The van der Waals surface area contributed by atoms with Gasteiger partial charge in [-0.3, -0.25) is 4.98 Å². The molecule has 1 aromatic heterocycles. The molecular weight excluding hydrogens is 231 g/mol. The summed E-state index contributed by atoms with van der Waals surface area (Å²) in [5, 5.41) is 0. The minimum Gasteiger partial charge on any atom is -0.484 e. The van der Waals surface area contributed by atoms with Gasteiger partial charge in [-0.1, -0.05) is 13.8 Å². The molecule has 0 spiro atoms. The summed E-state index contributed by atoms with van der Waals surface area (Å²) in [5.41, 5.74) is 1.48. The molecule has 0 saturated carbocycles. The van der Waals surface area contributed by atoms with E-state index in [0.717, 1.165) is 12.1 Å². The third-order valence-electron chi connectivity index (χ3n) is 2.66. The highest BCUT2D eigenvalue weighted by atomic mass is 19.4. The lowest BCUT2D eigenvalue weighted by Crippen LogP contribution is -2.20. The summed E-state index contributed by atoms with van der Waals surface area (Å²) in [5.74, 6) is 0.470. The maximum atomic E-state index is 12.1. The Hall–Kier alpha value is -1.26. The fourth-order valence-corrected chi connectivity index (χ4v) is 1.54. The highest BCUT2D eigenvalue weighted by molar-refractivity contribution is 5.36. The van der Waals surface area contributed by atoms with E-state index in [0.29, 0.717) is 5.56 Å². The molecule has 17 heavy (non-hydrogen) atoms. The molecule has 0 fully saturated rings. The number of nitrogens with zero attached hydrogens (tertiary/aromatic N) is 1. The van der Waals surface area contributed by atoms with Gasteiger partial charge < -0.3 is 4.74 Å². The van der Waals surface area contributed by atoms with Gasteiger partial charge in [0.15, 0.2) is 6.61 Å². The number of ether oxygens (including phenoxy) is 1. The molecule has 0 amide bonds. The van der Waals surface area contributed by atoms with E-state index in [1.807, 2.05) is 13.8 Å². The third-order valence-corrected chi connectivity index (χ3v) is 2.66. The second kappa shape index (κ2) is 5.38. The van der Waals surface area contributed by atoms with Crippen LogP contribution in [0.4, 0.5) is 13.2 Å². The number of rotatable bonds is 4. The lowest BCUT2D eigenvalue weighted by atomic mass is 10.00. The zero-order valence-corrected chi connectivity index (χ0v) is 10.1. The summed E-state index contributed by atoms with van der Waals surface area (Å²) in [6, 6.07) is 1.47.